The molecule has 0 aliphatic carbocycles. The molecule has 0 saturated heterocycles. The molecule has 1 aromatic carbocycles. The molecule has 0 fully saturated rings. The molecular weight excluding hydrogens is 280 g/mol. The average Bonchev–Trinajstić information content (AvgIpc) is 2.36. The number of anilines is 1. The highest BCUT2D eigenvalue weighted by molar-refractivity contribution is 5.89. The number of rotatable bonds is 2. The number of alkyl halides is 3. The van der Waals surface area contributed by atoms with E-state index in [9.17, 15) is 22.4 Å². The molecular formula is C12H10F4N2O2. The first-order chi connectivity index (χ1) is 9.31. The van der Waals surface area contributed by atoms with Gasteiger partial charge in [0.05, 0.1) is 5.69 Å². The van der Waals surface area contributed by atoms with Crippen molar-refractivity contribution in [1.82, 2.24) is 5.32 Å². The Kier molecular flexibility index (Phi) is 5.34. The van der Waals surface area contributed by atoms with Gasteiger partial charge in [-0.1, -0.05) is 11.8 Å². The number of aliphatic hydroxyl groups excluding tert-OH is 1. The van der Waals surface area contributed by atoms with Gasteiger partial charge in [-0.2, -0.15) is 13.2 Å². The summed E-state index contributed by atoms with van der Waals surface area (Å²) in [4.78, 5) is 11.1. The highest BCUT2D eigenvalue weighted by atomic mass is 19.4. The maximum absolute atomic E-state index is 13.5. The smallest absolute Gasteiger partial charge is 0.384 e. The first-order valence-electron chi connectivity index (χ1n) is 5.32. The standard InChI is InChI=1S/C12H10F4N2O2/c13-9-6-8(2-1-5-19)3-4-10(9)18-11(20)17-7-12(14,15)16/h3-4,6,19H,5,7H2,(H2,17,18,20). The second-order valence-corrected chi connectivity index (χ2v) is 3.58. The van der Waals surface area contributed by atoms with Crippen molar-refractivity contribution in [3.8, 4) is 11.8 Å². The summed E-state index contributed by atoms with van der Waals surface area (Å²) in [5.74, 6) is 3.90. The molecule has 0 saturated carbocycles. The number of hydrogen-bond donors (Lipinski definition) is 3. The van der Waals surface area contributed by atoms with Crippen LogP contribution in [0.2, 0.25) is 0 Å². The molecule has 3 N–H and O–H groups in total. The molecule has 108 valence electrons. The van der Waals surface area contributed by atoms with Gasteiger partial charge in [0.25, 0.3) is 0 Å². The maximum atomic E-state index is 13.5. The Morgan fingerprint density at radius 3 is 2.60 bits per heavy atom. The second-order valence-electron chi connectivity index (χ2n) is 3.58. The lowest BCUT2D eigenvalue weighted by atomic mass is 10.2. The van der Waals surface area contributed by atoms with E-state index in [1.165, 1.54) is 6.07 Å². The van der Waals surface area contributed by atoms with Gasteiger partial charge >= 0.3 is 12.2 Å². The lowest BCUT2D eigenvalue weighted by molar-refractivity contribution is -0.122. The van der Waals surface area contributed by atoms with E-state index < -0.39 is 24.6 Å². The Bertz CT molecular complexity index is 547. The number of aliphatic hydroxyl groups is 1. The van der Waals surface area contributed by atoms with Crippen molar-refractivity contribution in [2.75, 3.05) is 18.5 Å². The lowest BCUT2D eigenvalue weighted by Crippen LogP contribution is -2.36. The number of carbonyl (C=O) groups is 1. The summed E-state index contributed by atoms with van der Waals surface area (Å²) in [6.45, 7) is -1.90. The van der Waals surface area contributed by atoms with E-state index in [0.717, 1.165) is 12.1 Å². The zero-order valence-electron chi connectivity index (χ0n) is 10.0. The van der Waals surface area contributed by atoms with E-state index in [0.29, 0.717) is 0 Å². The van der Waals surface area contributed by atoms with Crippen LogP contribution >= 0.6 is 0 Å². The highest BCUT2D eigenvalue weighted by Crippen LogP contribution is 2.16. The van der Waals surface area contributed by atoms with Gasteiger partial charge in [-0.3, -0.25) is 0 Å². The molecule has 1 aromatic rings. The van der Waals surface area contributed by atoms with E-state index in [-0.39, 0.29) is 17.9 Å². The van der Waals surface area contributed by atoms with Crippen molar-refractivity contribution < 1.29 is 27.5 Å². The predicted octanol–water partition coefficient (Wildman–Crippen LogP) is 1.85. The number of benzene rings is 1. The number of amides is 2. The molecule has 0 heterocycles. The van der Waals surface area contributed by atoms with E-state index in [1.54, 1.807) is 5.32 Å². The zero-order valence-corrected chi connectivity index (χ0v) is 10.0. The molecule has 20 heavy (non-hydrogen) atoms. The number of carbonyl (C=O) groups excluding carboxylic acids is 1. The van der Waals surface area contributed by atoms with Crippen LogP contribution in [0.25, 0.3) is 0 Å². The Hall–Kier alpha value is -2.27. The third-order valence-electron chi connectivity index (χ3n) is 1.98. The van der Waals surface area contributed by atoms with Crippen LogP contribution in [0.15, 0.2) is 18.2 Å². The molecule has 0 aromatic heterocycles. The summed E-state index contributed by atoms with van der Waals surface area (Å²) in [6.07, 6.45) is -4.54. The van der Waals surface area contributed by atoms with Gasteiger partial charge in [0, 0.05) is 5.56 Å². The van der Waals surface area contributed by atoms with Crippen molar-refractivity contribution >= 4 is 11.7 Å². The van der Waals surface area contributed by atoms with E-state index >= 15 is 0 Å². The van der Waals surface area contributed by atoms with Crippen LogP contribution in [0.3, 0.4) is 0 Å². The summed E-state index contributed by atoms with van der Waals surface area (Å²) in [6, 6.07) is 2.33. The largest absolute Gasteiger partial charge is 0.405 e. The van der Waals surface area contributed by atoms with Crippen LogP contribution in [-0.2, 0) is 0 Å². The Morgan fingerprint density at radius 2 is 2.05 bits per heavy atom. The number of hydrogen-bond acceptors (Lipinski definition) is 2. The van der Waals surface area contributed by atoms with Crippen molar-refractivity contribution in [3.63, 3.8) is 0 Å². The zero-order chi connectivity index (χ0) is 15.2. The number of halogens is 4. The Balaban J connectivity index is 2.67. The van der Waals surface area contributed by atoms with Crippen molar-refractivity contribution in [3.05, 3.63) is 29.6 Å². The molecule has 0 aliphatic heterocycles. The Labute approximate surface area is 111 Å². The minimum atomic E-state index is -4.54. The van der Waals surface area contributed by atoms with Crippen molar-refractivity contribution in [2.24, 2.45) is 0 Å². The quantitative estimate of drug-likeness (QED) is 0.575. The summed E-state index contributed by atoms with van der Waals surface area (Å²) in [5.41, 5.74) is -0.0166. The van der Waals surface area contributed by atoms with E-state index in [2.05, 4.69) is 11.8 Å². The first kappa shape index (κ1) is 15.8. The normalized spacial score (nSPS) is 10.4. The minimum Gasteiger partial charge on any atom is -0.384 e. The van der Waals surface area contributed by atoms with Gasteiger partial charge in [0.15, 0.2) is 0 Å². The average molecular weight is 290 g/mol. The molecule has 0 spiro atoms. The molecule has 4 nitrogen and oxygen atoms in total. The van der Waals surface area contributed by atoms with Crippen LogP contribution in [0.4, 0.5) is 28.0 Å². The molecule has 1 rings (SSSR count). The van der Waals surface area contributed by atoms with Crippen LogP contribution in [-0.4, -0.2) is 30.5 Å². The van der Waals surface area contributed by atoms with Crippen LogP contribution in [0.1, 0.15) is 5.56 Å². The molecule has 0 atom stereocenters. The molecule has 8 heteroatoms. The predicted molar refractivity (Wildman–Crippen MR) is 63.4 cm³/mol. The summed E-state index contributed by atoms with van der Waals surface area (Å²) in [5, 5.41) is 12.0. The molecule has 0 unspecified atom stereocenters. The van der Waals surface area contributed by atoms with Gasteiger partial charge in [0.1, 0.15) is 19.0 Å². The molecule has 0 bridgehead atoms. The van der Waals surface area contributed by atoms with Crippen LogP contribution < -0.4 is 10.6 Å². The third kappa shape index (κ3) is 5.58. The summed E-state index contributed by atoms with van der Waals surface area (Å²) >= 11 is 0. The Morgan fingerprint density at radius 1 is 1.35 bits per heavy atom. The second kappa shape index (κ2) is 6.77. The van der Waals surface area contributed by atoms with Crippen molar-refractivity contribution in [2.45, 2.75) is 6.18 Å². The van der Waals surface area contributed by atoms with Gasteiger partial charge in [0.2, 0.25) is 0 Å². The fraction of sp³-hybridized carbons (Fsp3) is 0.250. The highest BCUT2D eigenvalue weighted by Gasteiger charge is 2.27. The lowest BCUT2D eigenvalue weighted by Gasteiger charge is -2.10. The molecule has 0 radical (unpaired) electrons. The monoisotopic (exact) mass is 290 g/mol. The van der Waals surface area contributed by atoms with Gasteiger partial charge in [-0.15, -0.1) is 0 Å². The van der Waals surface area contributed by atoms with E-state index in [4.69, 9.17) is 5.11 Å². The summed E-state index contributed by atoms with van der Waals surface area (Å²) in [7, 11) is 0. The summed E-state index contributed by atoms with van der Waals surface area (Å²) < 4.78 is 49.1. The van der Waals surface area contributed by atoms with Crippen molar-refractivity contribution in [1.29, 1.82) is 0 Å². The van der Waals surface area contributed by atoms with E-state index in [1.807, 2.05) is 5.32 Å². The van der Waals surface area contributed by atoms with Gasteiger partial charge in [-0.25, -0.2) is 9.18 Å². The molecule has 2 amide bonds. The van der Waals surface area contributed by atoms with Crippen LogP contribution in [0, 0.1) is 17.7 Å². The number of urea groups is 1. The van der Waals surface area contributed by atoms with Gasteiger partial charge < -0.3 is 15.7 Å². The third-order valence-corrected chi connectivity index (χ3v) is 1.98. The SMILES string of the molecule is O=C(NCC(F)(F)F)Nc1ccc(C#CCO)cc1F. The topological polar surface area (TPSA) is 61.4 Å². The maximum Gasteiger partial charge on any atom is 0.405 e. The fourth-order valence-electron chi connectivity index (χ4n) is 1.18. The van der Waals surface area contributed by atoms with Gasteiger partial charge in [-0.05, 0) is 18.2 Å². The first-order valence-corrected chi connectivity index (χ1v) is 5.32. The fourth-order valence-corrected chi connectivity index (χ4v) is 1.18. The number of nitrogens with one attached hydrogen (secondary N) is 2. The molecule has 0 aliphatic rings. The van der Waals surface area contributed by atoms with Crippen LogP contribution in [0.5, 0.6) is 0 Å². The minimum absolute atomic E-state index is 0.262.